The molecule has 0 radical (unpaired) electrons. The first kappa shape index (κ1) is 23.5. The molecule has 7 heteroatoms. The van der Waals surface area contributed by atoms with Gasteiger partial charge in [0.05, 0.1) is 30.0 Å². The minimum absolute atomic E-state index is 0.0351. The summed E-state index contributed by atoms with van der Waals surface area (Å²) < 4.78 is 11.2. The molecule has 0 N–H and O–H groups in total. The molecule has 2 aliphatic heterocycles. The molecule has 0 aliphatic carbocycles. The number of hydrogen-bond donors (Lipinski definition) is 0. The number of carbonyl (C=O) groups excluding carboxylic acids is 1. The molecule has 1 amide bonds. The van der Waals surface area contributed by atoms with Crippen molar-refractivity contribution in [3.8, 4) is 6.07 Å². The Labute approximate surface area is 186 Å². The van der Waals surface area contributed by atoms with Crippen molar-refractivity contribution in [2.24, 2.45) is 5.92 Å². The predicted octanol–water partition coefficient (Wildman–Crippen LogP) is 3.25. The second kappa shape index (κ2) is 9.97. The van der Waals surface area contributed by atoms with Crippen molar-refractivity contribution in [3.63, 3.8) is 0 Å². The van der Waals surface area contributed by atoms with Crippen LogP contribution in [0, 0.1) is 17.2 Å². The second-order valence-electron chi connectivity index (χ2n) is 9.23. The highest BCUT2D eigenvalue weighted by Crippen LogP contribution is 2.35. The van der Waals surface area contributed by atoms with E-state index in [1.807, 2.05) is 11.8 Å². The van der Waals surface area contributed by atoms with Gasteiger partial charge in [0.25, 0.3) is 0 Å². The van der Waals surface area contributed by atoms with Gasteiger partial charge in [-0.3, -0.25) is 4.79 Å². The van der Waals surface area contributed by atoms with Crippen LogP contribution in [-0.2, 0) is 27.3 Å². The second-order valence-corrected chi connectivity index (χ2v) is 9.23. The average Bonchev–Trinajstić information content (AvgIpc) is 2.75. The number of aromatic nitrogens is 1. The summed E-state index contributed by atoms with van der Waals surface area (Å²) in [5.74, 6) is 1.33. The lowest BCUT2D eigenvalue weighted by Crippen LogP contribution is -2.58. The molecule has 2 aliphatic rings. The number of carbonyl (C=O) groups is 1. The Hall–Kier alpha value is -2.17. The fourth-order valence-electron chi connectivity index (χ4n) is 4.62. The molecule has 0 spiro atoms. The molecule has 2 atom stereocenters. The lowest BCUT2D eigenvalue weighted by Gasteiger charge is -2.44. The SMILES string of the molecule is CCOCC(=O)N1CCN(c2nc(C(C)C)c3c(c2C#N)CC(C)OC3)C[C@H]1C(C)C. The zero-order valence-corrected chi connectivity index (χ0v) is 19.8. The van der Waals surface area contributed by atoms with Crippen molar-refractivity contribution in [3.05, 3.63) is 22.4 Å². The number of amides is 1. The Kier molecular flexibility index (Phi) is 7.55. The van der Waals surface area contributed by atoms with E-state index in [0.717, 1.165) is 29.1 Å². The van der Waals surface area contributed by atoms with E-state index < -0.39 is 0 Å². The van der Waals surface area contributed by atoms with E-state index in [-0.39, 0.29) is 36.5 Å². The third-order valence-corrected chi connectivity index (χ3v) is 6.33. The number of fused-ring (bicyclic) bond motifs is 1. The molecule has 1 aromatic rings. The van der Waals surface area contributed by atoms with Crippen LogP contribution in [0.15, 0.2) is 0 Å². The van der Waals surface area contributed by atoms with Crippen molar-refractivity contribution < 1.29 is 14.3 Å². The van der Waals surface area contributed by atoms with E-state index in [4.69, 9.17) is 14.5 Å². The molecule has 0 aromatic carbocycles. The van der Waals surface area contributed by atoms with Gasteiger partial charge in [0.1, 0.15) is 18.5 Å². The third kappa shape index (κ3) is 4.86. The molecule has 1 fully saturated rings. The van der Waals surface area contributed by atoms with Crippen LogP contribution in [0.25, 0.3) is 0 Å². The fraction of sp³-hybridized carbons (Fsp3) is 0.708. The van der Waals surface area contributed by atoms with Gasteiger partial charge in [-0.05, 0) is 31.2 Å². The number of ether oxygens (including phenoxy) is 2. The van der Waals surface area contributed by atoms with Crippen LogP contribution in [0.5, 0.6) is 0 Å². The van der Waals surface area contributed by atoms with Gasteiger partial charge in [0.2, 0.25) is 5.91 Å². The van der Waals surface area contributed by atoms with Crippen LogP contribution in [0.4, 0.5) is 5.82 Å². The van der Waals surface area contributed by atoms with Crippen molar-refractivity contribution in [1.82, 2.24) is 9.88 Å². The van der Waals surface area contributed by atoms with Gasteiger partial charge in [-0.2, -0.15) is 5.26 Å². The van der Waals surface area contributed by atoms with Gasteiger partial charge in [0.15, 0.2) is 0 Å². The number of piperazine rings is 1. The van der Waals surface area contributed by atoms with Crippen molar-refractivity contribution in [1.29, 1.82) is 5.26 Å². The number of nitriles is 1. The summed E-state index contributed by atoms with van der Waals surface area (Å²) in [4.78, 5) is 21.9. The molecule has 31 heavy (non-hydrogen) atoms. The Morgan fingerprint density at radius 3 is 2.65 bits per heavy atom. The molecular weight excluding hydrogens is 392 g/mol. The molecule has 0 bridgehead atoms. The first-order valence-electron chi connectivity index (χ1n) is 11.5. The summed E-state index contributed by atoms with van der Waals surface area (Å²) in [6.45, 7) is 15.6. The molecular formula is C24H36N4O3. The smallest absolute Gasteiger partial charge is 0.248 e. The number of anilines is 1. The van der Waals surface area contributed by atoms with Crippen molar-refractivity contribution in [2.45, 2.75) is 72.6 Å². The molecule has 1 unspecified atom stereocenters. The number of pyridine rings is 1. The molecule has 0 saturated carbocycles. The number of rotatable bonds is 6. The molecule has 3 heterocycles. The van der Waals surface area contributed by atoms with Gasteiger partial charge >= 0.3 is 0 Å². The highest BCUT2D eigenvalue weighted by molar-refractivity contribution is 5.78. The topological polar surface area (TPSA) is 78.7 Å². The maximum absolute atomic E-state index is 12.7. The van der Waals surface area contributed by atoms with Gasteiger partial charge in [-0.15, -0.1) is 0 Å². The quantitative estimate of drug-likeness (QED) is 0.692. The van der Waals surface area contributed by atoms with E-state index in [1.54, 1.807) is 0 Å². The predicted molar refractivity (Wildman–Crippen MR) is 120 cm³/mol. The molecule has 170 valence electrons. The summed E-state index contributed by atoms with van der Waals surface area (Å²) >= 11 is 0. The van der Waals surface area contributed by atoms with Crippen LogP contribution in [0.2, 0.25) is 0 Å². The van der Waals surface area contributed by atoms with Crippen LogP contribution in [0.3, 0.4) is 0 Å². The summed E-state index contributed by atoms with van der Waals surface area (Å²) in [6, 6.07) is 2.51. The van der Waals surface area contributed by atoms with Gasteiger partial charge < -0.3 is 19.3 Å². The Morgan fingerprint density at radius 2 is 2.03 bits per heavy atom. The Balaban J connectivity index is 1.97. The normalized spacial score (nSPS) is 21.4. The largest absolute Gasteiger partial charge is 0.373 e. The van der Waals surface area contributed by atoms with Crippen molar-refractivity contribution >= 4 is 11.7 Å². The maximum atomic E-state index is 12.7. The van der Waals surface area contributed by atoms with E-state index in [1.165, 1.54) is 0 Å². The van der Waals surface area contributed by atoms with Gasteiger partial charge in [-0.25, -0.2) is 4.98 Å². The first-order chi connectivity index (χ1) is 14.8. The minimum Gasteiger partial charge on any atom is -0.373 e. The fourth-order valence-corrected chi connectivity index (χ4v) is 4.62. The van der Waals surface area contributed by atoms with E-state index >= 15 is 0 Å². The third-order valence-electron chi connectivity index (χ3n) is 6.33. The Morgan fingerprint density at radius 1 is 1.29 bits per heavy atom. The lowest BCUT2D eigenvalue weighted by atomic mass is 9.90. The van der Waals surface area contributed by atoms with Crippen molar-refractivity contribution in [2.75, 3.05) is 37.7 Å². The summed E-state index contributed by atoms with van der Waals surface area (Å²) in [6.07, 6.45) is 0.819. The van der Waals surface area contributed by atoms with Crippen LogP contribution in [0.1, 0.15) is 69.8 Å². The summed E-state index contributed by atoms with van der Waals surface area (Å²) in [7, 11) is 0. The summed E-state index contributed by atoms with van der Waals surface area (Å²) in [5.41, 5.74) is 3.86. The van der Waals surface area contributed by atoms with Gasteiger partial charge in [0, 0.05) is 38.2 Å². The van der Waals surface area contributed by atoms with E-state index in [9.17, 15) is 10.1 Å². The average molecular weight is 429 g/mol. The van der Waals surface area contributed by atoms with Gasteiger partial charge in [-0.1, -0.05) is 27.7 Å². The van der Waals surface area contributed by atoms with Crippen LogP contribution < -0.4 is 4.90 Å². The summed E-state index contributed by atoms with van der Waals surface area (Å²) in [5, 5.41) is 10.1. The molecule has 7 nitrogen and oxygen atoms in total. The molecule has 1 aromatic heterocycles. The van der Waals surface area contributed by atoms with Crippen LogP contribution >= 0.6 is 0 Å². The van der Waals surface area contributed by atoms with E-state index in [2.05, 4.69) is 45.6 Å². The molecule has 3 rings (SSSR count). The minimum atomic E-state index is 0.0351. The zero-order chi connectivity index (χ0) is 22.7. The monoisotopic (exact) mass is 428 g/mol. The zero-order valence-electron chi connectivity index (χ0n) is 19.8. The standard InChI is InChI=1S/C24H36N4O3/c1-7-30-14-22(29)28-9-8-27(12-21(28)15(2)3)24-19(11-25)18-10-17(6)31-13-20(18)23(26-24)16(4)5/h15-17,21H,7-10,12-14H2,1-6H3/t17?,21-/m0/s1. The highest BCUT2D eigenvalue weighted by atomic mass is 16.5. The number of hydrogen-bond acceptors (Lipinski definition) is 6. The van der Waals surface area contributed by atoms with Crippen LogP contribution in [-0.4, -0.2) is 60.8 Å². The number of nitrogens with zero attached hydrogens (tertiary/aromatic N) is 4. The first-order valence-corrected chi connectivity index (χ1v) is 11.5. The maximum Gasteiger partial charge on any atom is 0.248 e. The van der Waals surface area contributed by atoms with E-state index in [0.29, 0.717) is 38.4 Å². The lowest BCUT2D eigenvalue weighted by molar-refractivity contribution is -0.139. The molecule has 1 saturated heterocycles. The Bertz CT molecular complexity index is 846. The highest BCUT2D eigenvalue weighted by Gasteiger charge is 2.35.